The van der Waals surface area contributed by atoms with Crippen LogP contribution in [-0.4, -0.2) is 9.01 Å². The van der Waals surface area contributed by atoms with Gasteiger partial charge in [0.05, 0.1) is 2.75 Å². The Morgan fingerprint density at radius 1 is 0.833 bits per heavy atom. The van der Waals surface area contributed by atoms with Crippen LogP contribution in [0.25, 0.3) is 11.1 Å². The highest BCUT2D eigenvalue weighted by Crippen LogP contribution is 2.77. The van der Waals surface area contributed by atoms with Crippen molar-refractivity contribution in [1.82, 2.24) is 0 Å². The topological polar surface area (TPSA) is 0 Å². The molecule has 3 rings (SSSR count). The number of alkyl halides is 1. The number of rotatable bonds is 1. The molecular formula is C16H17IS. The molecule has 0 atom stereocenters. The lowest BCUT2D eigenvalue weighted by Crippen LogP contribution is -2.19. The van der Waals surface area contributed by atoms with E-state index in [0.29, 0.717) is 0 Å². The molecule has 18 heavy (non-hydrogen) atoms. The van der Waals surface area contributed by atoms with Crippen LogP contribution in [-0.2, 0) is 0 Å². The largest absolute Gasteiger partial charge is 0.175 e. The van der Waals surface area contributed by atoms with Gasteiger partial charge in [-0.2, -0.15) is 10.0 Å². The van der Waals surface area contributed by atoms with Gasteiger partial charge < -0.3 is 0 Å². The quantitative estimate of drug-likeness (QED) is 0.448. The molecule has 0 radical (unpaired) electrons. The molecule has 0 bridgehead atoms. The van der Waals surface area contributed by atoms with Gasteiger partial charge >= 0.3 is 0 Å². The fourth-order valence-electron chi connectivity index (χ4n) is 2.73. The van der Waals surface area contributed by atoms with E-state index in [-0.39, 0.29) is 2.75 Å². The summed E-state index contributed by atoms with van der Waals surface area (Å²) in [4.78, 5) is 3.09. The summed E-state index contributed by atoms with van der Waals surface area (Å²) in [6, 6.07) is 17.9. The third-order valence-corrected chi connectivity index (χ3v) is 11.0. The molecule has 2 heteroatoms. The van der Waals surface area contributed by atoms with E-state index in [1.807, 2.05) is 0 Å². The lowest BCUT2D eigenvalue weighted by molar-refractivity contribution is 1.04. The van der Waals surface area contributed by atoms with Crippen molar-refractivity contribution in [3.63, 3.8) is 0 Å². The Morgan fingerprint density at radius 3 is 1.61 bits per heavy atom. The van der Waals surface area contributed by atoms with Gasteiger partial charge in [0.25, 0.3) is 0 Å². The molecule has 1 aliphatic rings. The molecule has 2 aromatic rings. The zero-order valence-electron chi connectivity index (χ0n) is 10.9. The van der Waals surface area contributed by atoms with E-state index < -0.39 is 10.0 Å². The number of hydrogen-bond acceptors (Lipinski definition) is 0. The van der Waals surface area contributed by atoms with E-state index in [9.17, 15) is 0 Å². The molecule has 0 nitrogen and oxygen atoms in total. The highest BCUT2D eigenvalue weighted by molar-refractivity contribution is 14.1. The highest BCUT2D eigenvalue weighted by Gasteiger charge is 2.43. The summed E-state index contributed by atoms with van der Waals surface area (Å²) < 4.78 is 0.257. The van der Waals surface area contributed by atoms with E-state index >= 15 is 0 Å². The normalized spacial score (nSPS) is 18.0. The van der Waals surface area contributed by atoms with Crippen LogP contribution in [0.5, 0.6) is 0 Å². The summed E-state index contributed by atoms with van der Waals surface area (Å²) in [5, 5.41) is 0. The van der Waals surface area contributed by atoms with Crippen LogP contribution in [0.3, 0.4) is 0 Å². The van der Waals surface area contributed by atoms with Crippen molar-refractivity contribution in [1.29, 1.82) is 0 Å². The minimum atomic E-state index is -0.952. The predicted molar refractivity (Wildman–Crippen MR) is 90.0 cm³/mol. The van der Waals surface area contributed by atoms with Gasteiger partial charge in [0.2, 0.25) is 0 Å². The Morgan fingerprint density at radius 2 is 1.22 bits per heavy atom. The second-order valence-electron chi connectivity index (χ2n) is 5.27. The van der Waals surface area contributed by atoms with Crippen molar-refractivity contribution in [2.24, 2.45) is 0 Å². The summed E-state index contributed by atoms with van der Waals surface area (Å²) in [6.07, 6.45) is 2.46. The first-order valence-corrected chi connectivity index (χ1v) is 9.23. The third-order valence-electron chi connectivity index (χ3n) is 3.91. The van der Waals surface area contributed by atoms with Crippen molar-refractivity contribution >= 4 is 32.6 Å². The van der Waals surface area contributed by atoms with Gasteiger partial charge in [-0.05, 0) is 43.4 Å². The standard InChI is InChI=1S/C16H17IS/c1-16(2,17)18(3)14-10-6-4-8-12(14)13-9-5-7-11-15(13)18/h4-11H,1-3H3. The van der Waals surface area contributed by atoms with Gasteiger partial charge in [-0.3, -0.25) is 0 Å². The van der Waals surface area contributed by atoms with Gasteiger partial charge in [-0.15, -0.1) is 0 Å². The first kappa shape index (κ1) is 12.5. The maximum atomic E-state index is 2.63. The highest BCUT2D eigenvalue weighted by atomic mass is 127. The van der Waals surface area contributed by atoms with Crippen LogP contribution in [0.2, 0.25) is 0 Å². The average molecular weight is 368 g/mol. The van der Waals surface area contributed by atoms with E-state index in [2.05, 4.69) is 91.2 Å². The van der Waals surface area contributed by atoms with Crippen molar-refractivity contribution < 1.29 is 0 Å². The summed E-state index contributed by atoms with van der Waals surface area (Å²) in [7, 11) is -0.952. The number of benzene rings is 2. The summed E-state index contributed by atoms with van der Waals surface area (Å²) in [6.45, 7) is 4.73. The van der Waals surface area contributed by atoms with Gasteiger partial charge in [0.1, 0.15) is 0 Å². The fraction of sp³-hybridized carbons (Fsp3) is 0.250. The number of fused-ring (bicyclic) bond motifs is 3. The van der Waals surface area contributed by atoms with Crippen LogP contribution >= 0.6 is 32.6 Å². The van der Waals surface area contributed by atoms with Crippen LogP contribution in [0.15, 0.2) is 58.3 Å². The first-order chi connectivity index (χ1) is 8.46. The van der Waals surface area contributed by atoms with E-state index in [1.165, 1.54) is 11.1 Å². The zero-order valence-corrected chi connectivity index (χ0v) is 13.9. The molecule has 0 saturated carbocycles. The molecule has 1 aliphatic heterocycles. The molecule has 0 saturated heterocycles. The Bertz CT molecular complexity index is 565. The zero-order chi connectivity index (χ0) is 13.0. The molecule has 94 valence electrons. The van der Waals surface area contributed by atoms with E-state index in [4.69, 9.17) is 0 Å². The van der Waals surface area contributed by atoms with Crippen LogP contribution < -0.4 is 0 Å². The Balaban J connectivity index is 2.41. The maximum Gasteiger partial charge on any atom is 0.0537 e. The average Bonchev–Trinajstić information content (AvgIpc) is 2.62. The van der Waals surface area contributed by atoms with E-state index in [0.717, 1.165) is 0 Å². The van der Waals surface area contributed by atoms with Crippen LogP contribution in [0.4, 0.5) is 0 Å². The first-order valence-electron chi connectivity index (χ1n) is 6.11. The van der Waals surface area contributed by atoms with Crippen LogP contribution in [0, 0.1) is 0 Å². The Kier molecular flexibility index (Phi) is 2.79. The van der Waals surface area contributed by atoms with E-state index in [1.54, 1.807) is 9.79 Å². The molecule has 0 N–H and O–H groups in total. The lowest BCUT2D eigenvalue weighted by atomic mass is 10.1. The van der Waals surface area contributed by atoms with Gasteiger partial charge in [0, 0.05) is 9.79 Å². The molecule has 0 spiro atoms. The minimum absolute atomic E-state index is 0.257. The predicted octanol–water partition coefficient (Wildman–Crippen LogP) is 5.69. The molecule has 0 unspecified atom stereocenters. The fourth-order valence-corrected chi connectivity index (χ4v) is 7.38. The molecule has 0 amide bonds. The van der Waals surface area contributed by atoms with Crippen molar-refractivity contribution in [2.45, 2.75) is 26.4 Å². The SMILES string of the molecule is CC(C)(I)S1(C)c2ccccc2-c2ccccc21. The maximum absolute atomic E-state index is 2.63. The second-order valence-corrected chi connectivity index (χ2v) is 12.4. The Labute approximate surface area is 124 Å². The van der Waals surface area contributed by atoms with Crippen LogP contribution in [0.1, 0.15) is 13.8 Å². The number of halogens is 1. The van der Waals surface area contributed by atoms with Gasteiger partial charge in [0.15, 0.2) is 0 Å². The van der Waals surface area contributed by atoms with Crippen molar-refractivity contribution in [2.75, 3.05) is 6.26 Å². The van der Waals surface area contributed by atoms with Gasteiger partial charge in [-0.1, -0.05) is 59.0 Å². The molecule has 0 aromatic heterocycles. The molecule has 0 aliphatic carbocycles. The molecule has 1 heterocycles. The summed E-state index contributed by atoms with van der Waals surface area (Å²) in [5.74, 6) is 0. The lowest BCUT2D eigenvalue weighted by Gasteiger charge is -2.44. The minimum Gasteiger partial charge on any atom is -0.175 e. The Hall–Kier alpha value is -0.480. The molecule has 2 aromatic carbocycles. The summed E-state index contributed by atoms with van der Waals surface area (Å²) in [5.41, 5.74) is 2.88. The van der Waals surface area contributed by atoms with Gasteiger partial charge in [-0.25, -0.2) is 0 Å². The third kappa shape index (κ3) is 1.51. The number of hydrogen-bond donors (Lipinski definition) is 0. The monoisotopic (exact) mass is 368 g/mol. The second kappa shape index (κ2) is 4.01. The molecule has 0 fully saturated rings. The smallest absolute Gasteiger partial charge is 0.0537 e. The van der Waals surface area contributed by atoms with Crippen molar-refractivity contribution in [3.05, 3.63) is 48.5 Å². The van der Waals surface area contributed by atoms with Crippen molar-refractivity contribution in [3.8, 4) is 11.1 Å². The molecular weight excluding hydrogens is 351 g/mol. The summed E-state index contributed by atoms with van der Waals surface area (Å²) >= 11 is 2.63.